The molecule has 1 fully saturated rings. The van der Waals surface area contributed by atoms with E-state index < -0.39 is 0 Å². The average molecular weight is 335 g/mol. The van der Waals surface area contributed by atoms with Crippen LogP contribution in [0.4, 0.5) is 4.79 Å². The predicted octanol–water partition coefficient (Wildman–Crippen LogP) is 0.864. The first kappa shape index (κ1) is 15.9. The van der Waals surface area contributed by atoms with E-state index in [1.54, 1.807) is 29.5 Å². The van der Waals surface area contributed by atoms with E-state index in [2.05, 4.69) is 9.88 Å². The van der Waals surface area contributed by atoms with Gasteiger partial charge in [0.2, 0.25) is 0 Å². The Morgan fingerprint density at radius 1 is 1.30 bits per heavy atom. The molecule has 8 heteroatoms. The van der Waals surface area contributed by atoms with E-state index in [9.17, 15) is 9.59 Å². The number of hydrogen-bond acceptors (Lipinski definition) is 5. The molecule has 1 saturated heterocycles. The van der Waals surface area contributed by atoms with Gasteiger partial charge in [0.25, 0.3) is 5.56 Å². The zero-order chi connectivity index (χ0) is 16.6. The molecule has 1 aliphatic heterocycles. The standard InChI is InChI=1S/C15H21N5O2S/c1-11-10-23-14-16-12(8-13(21)20(11)14)9-18-4-6-19(7-5-18)15(22)17(2)3/h8,10H,4-7,9H2,1-3H3. The topological polar surface area (TPSA) is 61.2 Å². The Bertz CT molecular complexity index is 774. The highest BCUT2D eigenvalue weighted by atomic mass is 32.1. The van der Waals surface area contributed by atoms with E-state index in [-0.39, 0.29) is 11.6 Å². The van der Waals surface area contributed by atoms with Crippen LogP contribution in [0.15, 0.2) is 16.2 Å². The molecular formula is C15H21N5O2S. The van der Waals surface area contributed by atoms with E-state index in [4.69, 9.17) is 0 Å². The third-order valence-corrected chi connectivity index (χ3v) is 4.98. The number of nitrogens with zero attached hydrogens (tertiary/aromatic N) is 5. The highest BCUT2D eigenvalue weighted by Crippen LogP contribution is 2.13. The molecule has 0 radical (unpaired) electrons. The zero-order valence-electron chi connectivity index (χ0n) is 13.7. The number of carbonyl (C=O) groups is 1. The number of rotatable bonds is 2. The van der Waals surface area contributed by atoms with Crippen molar-refractivity contribution in [2.24, 2.45) is 0 Å². The average Bonchev–Trinajstić information content (AvgIpc) is 2.89. The Kier molecular flexibility index (Phi) is 4.36. The minimum absolute atomic E-state index is 0.0230. The summed E-state index contributed by atoms with van der Waals surface area (Å²) in [5.74, 6) is 0. The predicted molar refractivity (Wildman–Crippen MR) is 90.0 cm³/mol. The molecule has 0 unspecified atom stereocenters. The quantitative estimate of drug-likeness (QED) is 0.817. The number of thiazole rings is 1. The van der Waals surface area contributed by atoms with E-state index in [1.165, 1.54) is 11.3 Å². The Labute approximate surface area is 138 Å². The van der Waals surface area contributed by atoms with Gasteiger partial charge in [0.1, 0.15) is 0 Å². The van der Waals surface area contributed by atoms with Crippen LogP contribution in [0.5, 0.6) is 0 Å². The second kappa shape index (κ2) is 6.29. The maximum absolute atomic E-state index is 12.2. The first-order valence-corrected chi connectivity index (χ1v) is 8.49. The normalized spacial score (nSPS) is 16.0. The van der Waals surface area contributed by atoms with Crippen LogP contribution in [0.2, 0.25) is 0 Å². The van der Waals surface area contributed by atoms with Gasteiger partial charge in [-0.1, -0.05) is 0 Å². The molecule has 23 heavy (non-hydrogen) atoms. The summed E-state index contributed by atoms with van der Waals surface area (Å²) in [6, 6.07) is 1.67. The van der Waals surface area contributed by atoms with Gasteiger partial charge in [0, 0.05) is 64.0 Å². The Morgan fingerprint density at radius 2 is 2.00 bits per heavy atom. The fourth-order valence-corrected chi connectivity index (χ4v) is 3.68. The first-order chi connectivity index (χ1) is 11.0. The molecule has 2 amide bonds. The molecule has 0 aliphatic carbocycles. The molecule has 0 bridgehead atoms. The van der Waals surface area contributed by atoms with Crippen molar-refractivity contribution in [3.05, 3.63) is 33.2 Å². The van der Waals surface area contributed by atoms with Crippen molar-refractivity contribution in [2.75, 3.05) is 40.3 Å². The lowest BCUT2D eigenvalue weighted by Gasteiger charge is -2.35. The lowest BCUT2D eigenvalue weighted by atomic mass is 10.3. The molecule has 0 aromatic carbocycles. The SMILES string of the molecule is Cc1csc2nc(CN3CCN(C(=O)N(C)C)CC3)cc(=O)n12. The van der Waals surface area contributed by atoms with Crippen LogP contribution in [-0.2, 0) is 6.54 Å². The van der Waals surface area contributed by atoms with Crippen LogP contribution in [0.1, 0.15) is 11.4 Å². The molecule has 124 valence electrons. The van der Waals surface area contributed by atoms with Crippen LogP contribution in [0.25, 0.3) is 4.96 Å². The van der Waals surface area contributed by atoms with Crippen molar-refractivity contribution in [2.45, 2.75) is 13.5 Å². The van der Waals surface area contributed by atoms with Gasteiger partial charge in [-0.05, 0) is 6.92 Å². The van der Waals surface area contributed by atoms with Gasteiger partial charge in [-0.3, -0.25) is 14.1 Å². The van der Waals surface area contributed by atoms with Crippen molar-refractivity contribution in [3.63, 3.8) is 0 Å². The van der Waals surface area contributed by atoms with Crippen molar-refractivity contribution in [1.82, 2.24) is 24.1 Å². The van der Waals surface area contributed by atoms with E-state index in [0.29, 0.717) is 19.6 Å². The number of urea groups is 1. The van der Waals surface area contributed by atoms with Crippen molar-refractivity contribution < 1.29 is 4.79 Å². The van der Waals surface area contributed by atoms with Gasteiger partial charge in [-0.15, -0.1) is 11.3 Å². The van der Waals surface area contributed by atoms with Crippen molar-refractivity contribution in [1.29, 1.82) is 0 Å². The molecule has 3 heterocycles. The molecule has 0 atom stereocenters. The summed E-state index contributed by atoms with van der Waals surface area (Å²) in [7, 11) is 3.54. The molecule has 3 rings (SSSR count). The van der Waals surface area contributed by atoms with Gasteiger partial charge in [0.05, 0.1) is 5.69 Å². The molecule has 0 saturated carbocycles. The van der Waals surface area contributed by atoms with Crippen LogP contribution in [-0.4, -0.2) is 70.4 Å². The van der Waals surface area contributed by atoms with E-state index in [1.807, 2.05) is 17.2 Å². The fourth-order valence-electron chi connectivity index (χ4n) is 2.79. The number of hydrogen-bond donors (Lipinski definition) is 0. The smallest absolute Gasteiger partial charge is 0.319 e. The van der Waals surface area contributed by atoms with Crippen LogP contribution in [0.3, 0.4) is 0 Å². The zero-order valence-corrected chi connectivity index (χ0v) is 14.5. The monoisotopic (exact) mass is 335 g/mol. The number of fused-ring (bicyclic) bond motifs is 1. The molecular weight excluding hydrogens is 314 g/mol. The lowest BCUT2D eigenvalue weighted by molar-refractivity contribution is 0.119. The van der Waals surface area contributed by atoms with Gasteiger partial charge in [-0.25, -0.2) is 9.78 Å². The second-order valence-corrected chi connectivity index (χ2v) is 6.86. The summed E-state index contributed by atoms with van der Waals surface area (Å²) < 4.78 is 1.64. The number of amides is 2. The maximum atomic E-state index is 12.2. The lowest BCUT2D eigenvalue weighted by Crippen LogP contribution is -2.51. The Hall–Kier alpha value is -1.93. The van der Waals surface area contributed by atoms with E-state index in [0.717, 1.165) is 29.4 Å². The summed E-state index contributed by atoms with van der Waals surface area (Å²) in [6.45, 7) is 5.56. The number of piperazine rings is 1. The highest BCUT2D eigenvalue weighted by molar-refractivity contribution is 7.15. The van der Waals surface area contributed by atoms with Crippen LogP contribution in [0, 0.1) is 6.92 Å². The number of aromatic nitrogens is 2. The fraction of sp³-hybridized carbons (Fsp3) is 0.533. The Morgan fingerprint density at radius 3 is 2.65 bits per heavy atom. The molecule has 2 aromatic heterocycles. The van der Waals surface area contributed by atoms with E-state index >= 15 is 0 Å². The maximum Gasteiger partial charge on any atom is 0.319 e. The highest BCUT2D eigenvalue weighted by Gasteiger charge is 2.22. The van der Waals surface area contributed by atoms with Crippen molar-refractivity contribution >= 4 is 22.3 Å². The number of carbonyl (C=O) groups excluding carboxylic acids is 1. The third-order valence-electron chi connectivity index (χ3n) is 4.04. The molecule has 0 spiro atoms. The Balaban J connectivity index is 1.67. The summed E-state index contributed by atoms with van der Waals surface area (Å²) >= 11 is 1.49. The van der Waals surface area contributed by atoms with Crippen LogP contribution < -0.4 is 5.56 Å². The molecule has 7 nitrogen and oxygen atoms in total. The minimum Gasteiger partial charge on any atom is -0.331 e. The second-order valence-electron chi connectivity index (χ2n) is 6.02. The molecule has 0 N–H and O–H groups in total. The third kappa shape index (κ3) is 3.23. The molecule has 1 aliphatic rings. The summed E-state index contributed by atoms with van der Waals surface area (Å²) in [5.41, 5.74) is 1.69. The van der Waals surface area contributed by atoms with Gasteiger partial charge in [-0.2, -0.15) is 0 Å². The summed E-state index contributed by atoms with van der Waals surface area (Å²) in [5, 5.41) is 1.94. The minimum atomic E-state index is -0.0230. The first-order valence-electron chi connectivity index (χ1n) is 7.61. The molecule has 2 aromatic rings. The number of aryl methyl sites for hydroxylation is 1. The van der Waals surface area contributed by atoms with Gasteiger partial charge < -0.3 is 9.80 Å². The van der Waals surface area contributed by atoms with Crippen molar-refractivity contribution in [3.8, 4) is 0 Å². The largest absolute Gasteiger partial charge is 0.331 e. The summed E-state index contributed by atoms with van der Waals surface area (Å²) in [6.07, 6.45) is 0. The van der Waals surface area contributed by atoms with Gasteiger partial charge in [0.15, 0.2) is 4.96 Å². The summed E-state index contributed by atoms with van der Waals surface area (Å²) in [4.78, 5) is 35.1. The van der Waals surface area contributed by atoms with Gasteiger partial charge >= 0.3 is 6.03 Å². The van der Waals surface area contributed by atoms with Crippen LogP contribution >= 0.6 is 11.3 Å².